The fourth-order valence-electron chi connectivity index (χ4n) is 11.1. The van der Waals surface area contributed by atoms with E-state index in [4.69, 9.17) is 9.47 Å². The Morgan fingerprint density at radius 2 is 0.506 bits per heavy atom. The van der Waals surface area contributed by atoms with E-state index < -0.39 is 6.10 Å². The molecule has 0 aliphatic rings. The summed E-state index contributed by atoms with van der Waals surface area (Å²) >= 11 is 0. The van der Waals surface area contributed by atoms with Gasteiger partial charge in [-0.25, -0.2) is 0 Å². The first-order chi connectivity index (χ1) is 42.1. The maximum Gasteiger partial charge on any atom is 0.306 e. The second-order valence-electron chi connectivity index (χ2n) is 25.0. The Bertz CT molecular complexity index is 1580. The average molecular weight is 1180 g/mol. The van der Waals surface area contributed by atoms with Crippen LogP contribution in [0.15, 0.2) is 97.2 Å². The minimum absolute atomic E-state index is 0.0675. The molecule has 0 bridgehead atoms. The van der Waals surface area contributed by atoms with Crippen LogP contribution in [0.2, 0.25) is 0 Å². The molecule has 0 aromatic carbocycles. The molecule has 5 heteroatoms. The monoisotopic (exact) mass is 1180 g/mol. The first-order valence-corrected chi connectivity index (χ1v) is 37.3. The third kappa shape index (κ3) is 73.2. The number of aliphatic hydroxyl groups excluding tert-OH is 1. The predicted octanol–water partition coefficient (Wildman–Crippen LogP) is 26.2. The number of carbonyl (C=O) groups excluding carboxylic acids is 2. The molecule has 0 fully saturated rings. The molecule has 0 aliphatic heterocycles. The number of esters is 2. The molecular weight excluding hydrogens is 1040 g/mol. The van der Waals surface area contributed by atoms with Gasteiger partial charge < -0.3 is 14.6 Å². The second kappa shape index (κ2) is 75.1. The van der Waals surface area contributed by atoms with Gasteiger partial charge in [0.05, 0.1) is 6.61 Å². The van der Waals surface area contributed by atoms with Crippen molar-refractivity contribution in [3.05, 3.63) is 97.2 Å². The van der Waals surface area contributed by atoms with Crippen LogP contribution in [0.4, 0.5) is 0 Å². The zero-order chi connectivity index (χ0) is 61.2. The molecule has 1 atom stereocenters. The van der Waals surface area contributed by atoms with Crippen LogP contribution in [0, 0.1) is 0 Å². The number of unbranched alkanes of at least 4 members (excludes halogenated alkanes) is 45. The van der Waals surface area contributed by atoms with Gasteiger partial charge in [0.15, 0.2) is 6.10 Å². The molecule has 5 nitrogen and oxygen atoms in total. The molecule has 0 radical (unpaired) electrons. The van der Waals surface area contributed by atoms with Crippen LogP contribution < -0.4 is 0 Å². The number of rotatable bonds is 69. The van der Waals surface area contributed by atoms with E-state index in [1.165, 1.54) is 263 Å². The van der Waals surface area contributed by atoms with E-state index in [1.54, 1.807) is 0 Å². The largest absolute Gasteiger partial charge is 0.462 e. The van der Waals surface area contributed by atoms with Crippen molar-refractivity contribution in [2.45, 2.75) is 386 Å². The molecule has 1 N–H and O–H groups in total. The Balaban J connectivity index is 3.45. The molecule has 0 saturated carbocycles. The number of allylic oxidation sites excluding steroid dienone is 16. The minimum Gasteiger partial charge on any atom is -0.462 e. The third-order valence-electron chi connectivity index (χ3n) is 16.6. The Morgan fingerprint density at radius 1 is 0.282 bits per heavy atom. The van der Waals surface area contributed by atoms with Crippen molar-refractivity contribution in [1.82, 2.24) is 0 Å². The summed E-state index contributed by atoms with van der Waals surface area (Å²) in [5, 5.41) is 9.71. The summed E-state index contributed by atoms with van der Waals surface area (Å²) in [6.45, 7) is 4.07. The van der Waals surface area contributed by atoms with Crippen molar-refractivity contribution in [3.63, 3.8) is 0 Å². The quantitative estimate of drug-likeness (QED) is 0.0373. The van der Waals surface area contributed by atoms with Gasteiger partial charge in [-0.1, -0.05) is 387 Å². The Labute approximate surface area is 529 Å². The van der Waals surface area contributed by atoms with Crippen molar-refractivity contribution in [1.29, 1.82) is 0 Å². The first kappa shape index (κ1) is 81.8. The van der Waals surface area contributed by atoms with Gasteiger partial charge in [-0.15, -0.1) is 0 Å². The summed E-state index contributed by atoms with van der Waals surface area (Å²) in [6.07, 6.45) is 108. The van der Waals surface area contributed by atoms with Crippen LogP contribution in [-0.2, 0) is 19.1 Å². The van der Waals surface area contributed by atoms with Gasteiger partial charge in [0, 0.05) is 12.8 Å². The lowest BCUT2D eigenvalue weighted by Gasteiger charge is -2.15. The summed E-state index contributed by atoms with van der Waals surface area (Å²) < 4.78 is 10.8. The summed E-state index contributed by atoms with van der Waals surface area (Å²) in [7, 11) is 0. The first-order valence-electron chi connectivity index (χ1n) is 37.3. The lowest BCUT2D eigenvalue weighted by Crippen LogP contribution is -2.28. The standard InChI is InChI=1S/C80H142O5/c1-3-5-7-9-11-13-15-17-19-21-23-25-27-29-31-33-35-37-39-41-42-44-46-48-50-52-54-56-58-60-62-64-66-68-70-72-74-79(82)84-77-78(76-81)85-80(83)75-73-71-69-67-65-63-61-59-57-55-53-51-49-47-45-43-40-38-36-34-32-30-28-26-24-22-20-18-16-14-12-10-8-6-4-2/h6,8,12,14,18,20,24,26,30,32,36,38,43,45,49,51,78,81H,3-5,7,9-11,13,15-17,19,21-23,25,27-29,31,33-35,37,39-42,44,46-48,50,52-77H2,1-2H3/b8-6-,14-12-,20-18-,26-24-,32-30-,38-36-,45-43-,51-49-. The Morgan fingerprint density at radius 3 is 0.765 bits per heavy atom. The highest BCUT2D eigenvalue weighted by atomic mass is 16.6. The number of ether oxygens (including phenoxy) is 2. The zero-order valence-electron chi connectivity index (χ0n) is 56.6. The lowest BCUT2D eigenvalue weighted by atomic mass is 10.0. The van der Waals surface area contributed by atoms with Gasteiger partial charge >= 0.3 is 11.9 Å². The molecular formula is C80H142O5. The van der Waals surface area contributed by atoms with E-state index in [1.807, 2.05) is 0 Å². The van der Waals surface area contributed by atoms with E-state index in [9.17, 15) is 14.7 Å². The minimum atomic E-state index is -0.780. The highest BCUT2D eigenvalue weighted by Crippen LogP contribution is 2.19. The van der Waals surface area contributed by atoms with Crippen molar-refractivity contribution in [2.75, 3.05) is 13.2 Å². The molecule has 85 heavy (non-hydrogen) atoms. The highest BCUT2D eigenvalue weighted by Gasteiger charge is 2.16. The molecule has 0 spiro atoms. The molecule has 0 aliphatic carbocycles. The van der Waals surface area contributed by atoms with Crippen LogP contribution in [0.1, 0.15) is 380 Å². The van der Waals surface area contributed by atoms with Crippen molar-refractivity contribution in [3.8, 4) is 0 Å². The van der Waals surface area contributed by atoms with Gasteiger partial charge in [-0.05, 0) is 77.0 Å². The Kier molecular flexibility index (Phi) is 72.3. The number of carbonyl (C=O) groups is 2. The molecule has 0 saturated heterocycles. The van der Waals surface area contributed by atoms with Gasteiger partial charge in [0.1, 0.15) is 6.61 Å². The maximum atomic E-state index is 12.4. The molecule has 0 aromatic rings. The molecule has 0 aromatic heterocycles. The fourth-order valence-corrected chi connectivity index (χ4v) is 11.1. The predicted molar refractivity (Wildman–Crippen MR) is 376 cm³/mol. The number of hydrogen-bond acceptors (Lipinski definition) is 5. The molecule has 0 rings (SSSR count). The zero-order valence-corrected chi connectivity index (χ0v) is 56.6. The molecule has 0 heterocycles. The third-order valence-corrected chi connectivity index (χ3v) is 16.6. The number of hydrogen-bond donors (Lipinski definition) is 1. The van der Waals surface area contributed by atoms with Crippen molar-refractivity contribution >= 4 is 11.9 Å². The van der Waals surface area contributed by atoms with E-state index in [2.05, 4.69) is 111 Å². The lowest BCUT2D eigenvalue weighted by molar-refractivity contribution is -0.161. The van der Waals surface area contributed by atoms with E-state index >= 15 is 0 Å². The average Bonchev–Trinajstić information content (AvgIpc) is 3.52. The second-order valence-corrected chi connectivity index (χ2v) is 25.0. The SMILES string of the molecule is CC/C=C\C/C=C\C/C=C\C/C=C\C/C=C\C/C=C\C/C=C\C/C=C\CCCCCCCCCCCCC(=O)OC(CO)COC(=O)CCCCCCCCCCCCCCCCCCCCCCCCCCCCCCCCCCCCCC. The van der Waals surface area contributed by atoms with Crippen molar-refractivity contribution < 1.29 is 24.2 Å². The van der Waals surface area contributed by atoms with Crippen LogP contribution in [0.5, 0.6) is 0 Å². The Hall–Kier alpha value is -3.18. The van der Waals surface area contributed by atoms with E-state index in [-0.39, 0.29) is 25.2 Å². The van der Waals surface area contributed by atoms with E-state index in [0.29, 0.717) is 12.8 Å². The van der Waals surface area contributed by atoms with Gasteiger partial charge in [0.25, 0.3) is 0 Å². The molecule has 492 valence electrons. The fraction of sp³-hybridized carbons (Fsp3) is 0.775. The molecule has 1 unspecified atom stereocenters. The highest BCUT2D eigenvalue weighted by molar-refractivity contribution is 5.70. The van der Waals surface area contributed by atoms with Crippen LogP contribution in [0.3, 0.4) is 0 Å². The van der Waals surface area contributed by atoms with Gasteiger partial charge in [-0.2, -0.15) is 0 Å². The van der Waals surface area contributed by atoms with E-state index in [0.717, 1.165) is 89.9 Å². The van der Waals surface area contributed by atoms with Crippen LogP contribution in [0.25, 0.3) is 0 Å². The smallest absolute Gasteiger partial charge is 0.306 e. The molecule has 0 amide bonds. The normalized spacial score (nSPS) is 12.7. The van der Waals surface area contributed by atoms with Crippen molar-refractivity contribution in [2.24, 2.45) is 0 Å². The maximum absolute atomic E-state index is 12.4. The summed E-state index contributed by atoms with van der Waals surface area (Å²) in [5.41, 5.74) is 0. The summed E-state index contributed by atoms with van der Waals surface area (Å²) in [4.78, 5) is 24.7. The van der Waals surface area contributed by atoms with Crippen LogP contribution >= 0.6 is 0 Å². The van der Waals surface area contributed by atoms with Crippen LogP contribution in [-0.4, -0.2) is 36.4 Å². The van der Waals surface area contributed by atoms with Gasteiger partial charge in [0.2, 0.25) is 0 Å². The number of aliphatic hydroxyl groups is 1. The van der Waals surface area contributed by atoms with Gasteiger partial charge in [-0.3, -0.25) is 9.59 Å². The topological polar surface area (TPSA) is 72.8 Å². The summed E-state index contributed by atoms with van der Waals surface area (Å²) in [6, 6.07) is 0. The summed E-state index contributed by atoms with van der Waals surface area (Å²) in [5.74, 6) is -0.582.